The van der Waals surface area contributed by atoms with Crippen molar-refractivity contribution in [3.05, 3.63) is 71.1 Å². The van der Waals surface area contributed by atoms with Crippen LogP contribution in [0.4, 0.5) is 10.7 Å². The molecule has 178 valence electrons. The summed E-state index contributed by atoms with van der Waals surface area (Å²) in [6, 6.07) is 19.7. The molecule has 2 N–H and O–H groups in total. The second kappa shape index (κ2) is 11.3. The Morgan fingerprint density at radius 3 is 2.53 bits per heavy atom. The van der Waals surface area contributed by atoms with Crippen molar-refractivity contribution in [1.82, 2.24) is 10.2 Å². The van der Waals surface area contributed by atoms with Crippen LogP contribution in [0.15, 0.2) is 60.7 Å². The van der Waals surface area contributed by atoms with Gasteiger partial charge < -0.3 is 25.2 Å². The third-order valence-corrected chi connectivity index (χ3v) is 6.64. The minimum absolute atomic E-state index is 0.0751. The number of benzene rings is 2. The maximum Gasteiger partial charge on any atom is 0.261 e. The molecule has 0 atom stereocenters. The number of rotatable bonds is 8. The van der Waals surface area contributed by atoms with Crippen molar-refractivity contribution in [2.24, 2.45) is 0 Å². The molecular formula is C26H30N4O3S. The Hall–Kier alpha value is -3.20. The molecule has 1 saturated heterocycles. The van der Waals surface area contributed by atoms with E-state index in [-0.39, 0.29) is 11.8 Å². The number of nitrogens with one attached hydrogen (secondary N) is 2. The zero-order chi connectivity index (χ0) is 23.9. The second-order valence-corrected chi connectivity index (χ2v) is 9.49. The minimum atomic E-state index is -0.108. The van der Waals surface area contributed by atoms with E-state index in [4.69, 9.17) is 4.74 Å². The molecule has 2 amide bonds. The van der Waals surface area contributed by atoms with Gasteiger partial charge in [0.25, 0.3) is 5.91 Å². The molecule has 1 aliphatic rings. The Balaban J connectivity index is 1.47. The Kier molecular flexibility index (Phi) is 7.95. The first-order chi connectivity index (χ1) is 16.5. The summed E-state index contributed by atoms with van der Waals surface area (Å²) in [4.78, 5) is 29.9. The predicted molar refractivity (Wildman–Crippen MR) is 138 cm³/mol. The highest BCUT2D eigenvalue weighted by molar-refractivity contribution is 7.18. The van der Waals surface area contributed by atoms with Crippen molar-refractivity contribution in [3.63, 3.8) is 0 Å². The summed E-state index contributed by atoms with van der Waals surface area (Å²) < 4.78 is 5.52. The van der Waals surface area contributed by atoms with Crippen LogP contribution >= 0.6 is 11.3 Å². The van der Waals surface area contributed by atoms with Crippen LogP contribution in [0.1, 0.15) is 15.2 Å². The van der Waals surface area contributed by atoms with Gasteiger partial charge in [-0.1, -0.05) is 42.5 Å². The molecule has 2 heterocycles. The number of anilines is 2. The van der Waals surface area contributed by atoms with Crippen LogP contribution in [0.25, 0.3) is 11.1 Å². The molecule has 0 bridgehead atoms. The number of likely N-dealkylation sites (N-methyl/N-ethyl adjacent to an activating group) is 1. The maximum atomic E-state index is 13.1. The zero-order valence-electron chi connectivity index (χ0n) is 19.5. The topological polar surface area (TPSA) is 73.9 Å². The van der Waals surface area contributed by atoms with Crippen LogP contribution in [-0.2, 0) is 16.1 Å². The highest BCUT2D eigenvalue weighted by Crippen LogP contribution is 2.39. The number of thiophene rings is 1. The number of hydrogen-bond donors (Lipinski definition) is 2. The van der Waals surface area contributed by atoms with Crippen LogP contribution in [0.2, 0.25) is 0 Å². The lowest BCUT2D eigenvalue weighted by Crippen LogP contribution is -2.35. The van der Waals surface area contributed by atoms with Gasteiger partial charge in [0.05, 0.1) is 29.6 Å². The highest BCUT2D eigenvalue weighted by atomic mass is 32.1. The summed E-state index contributed by atoms with van der Waals surface area (Å²) in [5.41, 5.74) is 3.81. The first-order valence-electron chi connectivity index (χ1n) is 11.3. The van der Waals surface area contributed by atoms with Crippen LogP contribution in [0.3, 0.4) is 0 Å². The van der Waals surface area contributed by atoms with Crippen LogP contribution in [0, 0.1) is 0 Å². The van der Waals surface area contributed by atoms with Gasteiger partial charge in [-0.15, -0.1) is 11.3 Å². The summed E-state index contributed by atoms with van der Waals surface area (Å²) in [6.45, 7) is 3.70. The first-order valence-corrected chi connectivity index (χ1v) is 12.1. The summed E-state index contributed by atoms with van der Waals surface area (Å²) >= 11 is 1.52. The average Bonchev–Trinajstić information content (AvgIpc) is 3.29. The number of hydrogen-bond acceptors (Lipinski definition) is 6. The van der Waals surface area contributed by atoms with E-state index in [0.29, 0.717) is 31.2 Å². The fraction of sp³-hybridized carbons (Fsp3) is 0.308. The van der Waals surface area contributed by atoms with Crippen LogP contribution in [0.5, 0.6) is 0 Å². The number of ether oxygens (including phenoxy) is 1. The lowest BCUT2D eigenvalue weighted by molar-refractivity contribution is -0.116. The van der Waals surface area contributed by atoms with E-state index in [1.54, 1.807) is 0 Å². The second-order valence-electron chi connectivity index (χ2n) is 8.46. The first kappa shape index (κ1) is 23.9. The third kappa shape index (κ3) is 6.22. The van der Waals surface area contributed by atoms with Gasteiger partial charge in [0.2, 0.25) is 5.91 Å². The standard InChI is InChI=1S/C26H30N4O3S/c1-29(2)18-24(31)28-21-10-6-7-19(15-21)17-27-25(32)23-16-22(20-8-4-3-5-9-20)26(34-23)30-11-13-33-14-12-30/h3-10,15-16H,11-14,17-18H2,1-2H3,(H,27,32)(H,28,31). The van der Waals surface area contributed by atoms with Crippen molar-refractivity contribution in [2.75, 3.05) is 57.2 Å². The summed E-state index contributed by atoms with van der Waals surface area (Å²) in [7, 11) is 3.70. The SMILES string of the molecule is CN(C)CC(=O)Nc1cccc(CNC(=O)c2cc(-c3ccccc3)c(N3CCOCC3)s2)c1. The zero-order valence-corrected chi connectivity index (χ0v) is 20.4. The lowest BCUT2D eigenvalue weighted by atomic mass is 10.1. The number of carbonyl (C=O) groups is 2. The summed E-state index contributed by atoms with van der Waals surface area (Å²) in [5, 5.41) is 7.02. The van der Waals surface area contributed by atoms with Gasteiger partial charge >= 0.3 is 0 Å². The molecule has 0 unspecified atom stereocenters. The summed E-state index contributed by atoms with van der Waals surface area (Å²) in [5.74, 6) is -0.183. The van der Waals surface area contributed by atoms with Crippen LogP contribution in [-0.4, -0.2) is 63.7 Å². The molecule has 2 aromatic carbocycles. The van der Waals surface area contributed by atoms with Gasteiger partial charge in [-0.05, 0) is 43.4 Å². The largest absolute Gasteiger partial charge is 0.378 e. The highest BCUT2D eigenvalue weighted by Gasteiger charge is 2.22. The molecule has 0 spiro atoms. The Morgan fingerprint density at radius 2 is 1.79 bits per heavy atom. The predicted octanol–water partition coefficient (Wildman–Crippen LogP) is 3.68. The number of morpholine rings is 1. The van der Waals surface area contributed by atoms with E-state index in [1.165, 1.54) is 11.3 Å². The molecule has 0 radical (unpaired) electrons. The van der Waals surface area contributed by atoms with Gasteiger partial charge in [0.1, 0.15) is 0 Å². The molecule has 1 aliphatic heterocycles. The van der Waals surface area contributed by atoms with E-state index in [1.807, 2.05) is 67.5 Å². The van der Waals surface area contributed by atoms with E-state index < -0.39 is 0 Å². The van der Waals surface area contributed by atoms with Gasteiger partial charge in [-0.3, -0.25) is 9.59 Å². The molecule has 34 heavy (non-hydrogen) atoms. The average molecular weight is 479 g/mol. The quantitative estimate of drug-likeness (QED) is 0.517. The molecule has 1 fully saturated rings. The smallest absolute Gasteiger partial charge is 0.261 e. The Morgan fingerprint density at radius 1 is 1.03 bits per heavy atom. The van der Waals surface area contributed by atoms with Gasteiger partial charge in [-0.2, -0.15) is 0 Å². The normalized spacial score (nSPS) is 13.7. The molecule has 4 rings (SSSR count). The number of carbonyl (C=O) groups excluding carboxylic acids is 2. The van der Waals surface area contributed by atoms with Crippen molar-refractivity contribution < 1.29 is 14.3 Å². The Bertz CT molecular complexity index is 1120. The minimum Gasteiger partial charge on any atom is -0.378 e. The Labute approximate surface area is 204 Å². The maximum absolute atomic E-state index is 13.1. The van der Waals surface area contributed by atoms with Crippen molar-refractivity contribution >= 4 is 33.8 Å². The molecule has 3 aromatic rings. The molecular weight excluding hydrogens is 448 g/mol. The van der Waals surface area contributed by atoms with E-state index >= 15 is 0 Å². The lowest BCUT2D eigenvalue weighted by Gasteiger charge is -2.28. The van der Waals surface area contributed by atoms with Gasteiger partial charge in [0, 0.05) is 30.9 Å². The fourth-order valence-corrected chi connectivity index (χ4v) is 4.98. The monoisotopic (exact) mass is 478 g/mol. The number of nitrogens with zero attached hydrogens (tertiary/aromatic N) is 2. The van der Waals surface area contributed by atoms with Crippen molar-refractivity contribution in [3.8, 4) is 11.1 Å². The van der Waals surface area contributed by atoms with E-state index in [2.05, 4.69) is 27.7 Å². The fourth-order valence-electron chi connectivity index (χ4n) is 3.84. The van der Waals surface area contributed by atoms with Crippen LogP contribution < -0.4 is 15.5 Å². The third-order valence-electron chi connectivity index (χ3n) is 5.44. The number of amides is 2. The summed E-state index contributed by atoms with van der Waals surface area (Å²) in [6.07, 6.45) is 0. The molecule has 1 aromatic heterocycles. The van der Waals surface area contributed by atoms with E-state index in [0.717, 1.165) is 40.5 Å². The molecule has 7 nitrogen and oxygen atoms in total. The molecule has 0 saturated carbocycles. The van der Waals surface area contributed by atoms with Crippen molar-refractivity contribution in [1.29, 1.82) is 0 Å². The molecule has 0 aliphatic carbocycles. The van der Waals surface area contributed by atoms with Gasteiger partial charge in [-0.25, -0.2) is 0 Å². The van der Waals surface area contributed by atoms with E-state index in [9.17, 15) is 9.59 Å². The van der Waals surface area contributed by atoms with Gasteiger partial charge in [0.15, 0.2) is 0 Å². The van der Waals surface area contributed by atoms with Crippen molar-refractivity contribution in [2.45, 2.75) is 6.54 Å². The molecule has 8 heteroatoms.